The molecule has 1 atom stereocenters. The summed E-state index contributed by atoms with van der Waals surface area (Å²) in [6, 6.07) is 16.4. The molecule has 0 aliphatic carbocycles. The number of benzene rings is 2. The van der Waals surface area contributed by atoms with Crippen molar-refractivity contribution in [1.29, 1.82) is 0 Å². The molecule has 35 heavy (non-hydrogen) atoms. The number of hydrogen-bond donors (Lipinski definition) is 1. The van der Waals surface area contributed by atoms with Crippen LogP contribution in [0.4, 0.5) is 0 Å². The van der Waals surface area contributed by atoms with Crippen LogP contribution < -0.4 is 10.9 Å². The summed E-state index contributed by atoms with van der Waals surface area (Å²) in [4.78, 5) is 42.6. The summed E-state index contributed by atoms with van der Waals surface area (Å²) in [5.41, 5.74) is 1.18. The van der Waals surface area contributed by atoms with E-state index in [-0.39, 0.29) is 29.1 Å². The van der Waals surface area contributed by atoms with Gasteiger partial charge in [-0.05, 0) is 37.8 Å². The van der Waals surface area contributed by atoms with Gasteiger partial charge in [0.25, 0.3) is 5.56 Å². The molecule has 1 aromatic heterocycles. The van der Waals surface area contributed by atoms with Crippen LogP contribution in [0.2, 0.25) is 0 Å². The molecule has 1 aliphatic heterocycles. The molecular formula is C27H31N3O4S. The van der Waals surface area contributed by atoms with Crippen molar-refractivity contribution in [2.75, 3.05) is 18.9 Å². The van der Waals surface area contributed by atoms with Gasteiger partial charge in [0.15, 0.2) is 10.9 Å². The summed E-state index contributed by atoms with van der Waals surface area (Å²) in [5, 5.41) is 4.07. The maximum atomic E-state index is 13.2. The highest BCUT2D eigenvalue weighted by molar-refractivity contribution is 7.99. The Morgan fingerprint density at radius 1 is 1.06 bits per heavy atom. The molecule has 0 radical (unpaired) electrons. The molecule has 1 amide bonds. The highest BCUT2D eigenvalue weighted by atomic mass is 32.2. The van der Waals surface area contributed by atoms with Gasteiger partial charge >= 0.3 is 0 Å². The van der Waals surface area contributed by atoms with E-state index in [2.05, 4.69) is 10.3 Å². The lowest BCUT2D eigenvalue weighted by Crippen LogP contribution is -2.31. The third-order valence-electron chi connectivity index (χ3n) is 6.09. The molecule has 1 N–H and O–H groups in total. The Hall–Kier alpha value is -2.97. The summed E-state index contributed by atoms with van der Waals surface area (Å²) in [5.74, 6) is 0.249. The Bertz CT molecular complexity index is 1210. The third kappa shape index (κ3) is 7.02. The van der Waals surface area contributed by atoms with Crippen LogP contribution in [0, 0.1) is 0 Å². The molecule has 8 heteroatoms. The van der Waals surface area contributed by atoms with Crippen molar-refractivity contribution in [1.82, 2.24) is 14.9 Å². The molecule has 0 saturated carbocycles. The summed E-state index contributed by atoms with van der Waals surface area (Å²) in [6.07, 6.45) is 5.00. The van der Waals surface area contributed by atoms with Crippen molar-refractivity contribution < 1.29 is 14.3 Å². The number of rotatable bonds is 12. The second-order valence-electron chi connectivity index (χ2n) is 8.70. The van der Waals surface area contributed by atoms with E-state index in [9.17, 15) is 14.4 Å². The van der Waals surface area contributed by atoms with Crippen molar-refractivity contribution in [3.63, 3.8) is 0 Å². The number of ether oxygens (including phenoxy) is 1. The number of nitrogens with one attached hydrogen (secondary N) is 1. The summed E-state index contributed by atoms with van der Waals surface area (Å²) in [6.45, 7) is 1.86. The van der Waals surface area contributed by atoms with E-state index < -0.39 is 0 Å². The Labute approximate surface area is 209 Å². The van der Waals surface area contributed by atoms with Crippen LogP contribution in [-0.4, -0.2) is 46.2 Å². The number of nitrogens with zero attached hydrogens (tertiary/aromatic N) is 2. The zero-order valence-electron chi connectivity index (χ0n) is 19.8. The maximum absolute atomic E-state index is 13.2. The zero-order valence-corrected chi connectivity index (χ0v) is 20.6. The number of aromatic nitrogens is 2. The summed E-state index contributed by atoms with van der Waals surface area (Å²) >= 11 is 1.29. The normalized spacial score (nSPS) is 15.4. The Morgan fingerprint density at radius 3 is 2.66 bits per heavy atom. The molecule has 184 valence electrons. The first-order chi connectivity index (χ1) is 17.1. The van der Waals surface area contributed by atoms with Crippen LogP contribution in [0.1, 0.15) is 48.9 Å². The fourth-order valence-corrected chi connectivity index (χ4v) is 5.07. The average Bonchev–Trinajstić information content (AvgIpc) is 3.41. The lowest BCUT2D eigenvalue weighted by atomic mass is 10.1. The van der Waals surface area contributed by atoms with E-state index in [1.165, 1.54) is 11.8 Å². The van der Waals surface area contributed by atoms with Gasteiger partial charge in [0.1, 0.15) is 0 Å². The van der Waals surface area contributed by atoms with Crippen molar-refractivity contribution in [3.05, 3.63) is 70.5 Å². The van der Waals surface area contributed by atoms with Crippen LogP contribution in [-0.2, 0) is 16.1 Å². The number of ketones is 1. The molecule has 2 aromatic carbocycles. The van der Waals surface area contributed by atoms with Gasteiger partial charge < -0.3 is 10.1 Å². The molecule has 0 bridgehead atoms. The van der Waals surface area contributed by atoms with Gasteiger partial charge in [0, 0.05) is 31.7 Å². The van der Waals surface area contributed by atoms with E-state index in [1.807, 2.05) is 36.4 Å². The van der Waals surface area contributed by atoms with Crippen LogP contribution in [0.3, 0.4) is 0 Å². The van der Waals surface area contributed by atoms with E-state index >= 15 is 0 Å². The van der Waals surface area contributed by atoms with Crippen LogP contribution in [0.25, 0.3) is 10.9 Å². The standard InChI is InChI=1S/C27H31N3O4S/c31-24(20-10-3-1-4-11-20)19-35-27-29-23-14-7-6-13-22(23)26(33)30(27)16-8-2-5-15-25(32)28-18-21-12-9-17-34-21/h1,3-4,6-7,10-11,13-14,21H,2,5,8-9,12,15-19H2,(H,28,32)/t21-/m1/s1. The SMILES string of the molecule is O=C(CCCCCn1c(SCC(=O)c2ccccc2)nc2ccccc2c1=O)NC[C@H]1CCCO1. The number of carbonyl (C=O) groups excluding carboxylic acids is 2. The number of para-hydroxylation sites is 1. The number of hydrogen-bond acceptors (Lipinski definition) is 6. The molecule has 7 nitrogen and oxygen atoms in total. The molecule has 1 saturated heterocycles. The van der Waals surface area contributed by atoms with Crippen molar-refractivity contribution in [2.24, 2.45) is 0 Å². The van der Waals surface area contributed by atoms with Gasteiger partial charge in [-0.25, -0.2) is 4.98 Å². The molecule has 1 fully saturated rings. The highest BCUT2D eigenvalue weighted by Gasteiger charge is 2.16. The van der Waals surface area contributed by atoms with E-state index in [0.29, 0.717) is 41.1 Å². The minimum atomic E-state index is -0.0976. The quantitative estimate of drug-likeness (QED) is 0.176. The lowest BCUT2D eigenvalue weighted by molar-refractivity contribution is -0.121. The fraction of sp³-hybridized carbons (Fsp3) is 0.407. The summed E-state index contributed by atoms with van der Waals surface area (Å²) in [7, 11) is 0. The molecule has 3 aromatic rings. The second kappa shape index (κ2) is 12.7. The molecule has 0 unspecified atom stereocenters. The minimum Gasteiger partial charge on any atom is -0.376 e. The second-order valence-corrected chi connectivity index (χ2v) is 9.64. The molecule has 2 heterocycles. The molecular weight excluding hydrogens is 462 g/mol. The predicted molar refractivity (Wildman–Crippen MR) is 138 cm³/mol. The smallest absolute Gasteiger partial charge is 0.262 e. The van der Waals surface area contributed by atoms with Gasteiger partial charge in [0.05, 0.1) is 22.8 Å². The fourth-order valence-electron chi connectivity index (χ4n) is 4.15. The van der Waals surface area contributed by atoms with Crippen LogP contribution in [0.15, 0.2) is 64.5 Å². The van der Waals surface area contributed by atoms with Crippen molar-refractivity contribution in [2.45, 2.75) is 56.3 Å². The number of Topliss-reactive ketones (excluding diaryl/α,β-unsaturated/α-hetero) is 1. The number of unbranched alkanes of at least 4 members (excludes halogenated alkanes) is 2. The minimum absolute atomic E-state index is 0.00132. The third-order valence-corrected chi connectivity index (χ3v) is 7.07. The van der Waals surface area contributed by atoms with Crippen molar-refractivity contribution >= 4 is 34.4 Å². The Kier molecular flexibility index (Phi) is 9.08. The predicted octanol–water partition coefficient (Wildman–Crippen LogP) is 4.23. The molecule has 0 spiro atoms. The maximum Gasteiger partial charge on any atom is 0.262 e. The number of carbonyl (C=O) groups is 2. The largest absolute Gasteiger partial charge is 0.376 e. The number of thioether (sulfide) groups is 1. The van der Waals surface area contributed by atoms with E-state index in [1.54, 1.807) is 22.8 Å². The summed E-state index contributed by atoms with van der Waals surface area (Å²) < 4.78 is 7.20. The van der Waals surface area contributed by atoms with Crippen molar-refractivity contribution in [3.8, 4) is 0 Å². The lowest BCUT2D eigenvalue weighted by Gasteiger charge is -2.13. The van der Waals surface area contributed by atoms with Crippen LogP contribution >= 0.6 is 11.8 Å². The monoisotopic (exact) mass is 493 g/mol. The molecule has 4 rings (SSSR count). The molecule has 1 aliphatic rings. The van der Waals surface area contributed by atoms with Gasteiger partial charge in [0.2, 0.25) is 5.91 Å². The highest BCUT2D eigenvalue weighted by Crippen LogP contribution is 2.20. The Morgan fingerprint density at radius 2 is 1.86 bits per heavy atom. The first-order valence-corrected chi connectivity index (χ1v) is 13.2. The first kappa shape index (κ1) is 25.1. The Balaban J connectivity index is 1.34. The van der Waals surface area contributed by atoms with Crippen LogP contribution in [0.5, 0.6) is 0 Å². The number of fused-ring (bicyclic) bond motifs is 1. The van der Waals surface area contributed by atoms with Gasteiger partial charge in [-0.2, -0.15) is 0 Å². The van der Waals surface area contributed by atoms with E-state index in [4.69, 9.17) is 4.74 Å². The van der Waals surface area contributed by atoms with Gasteiger partial charge in [-0.3, -0.25) is 19.0 Å². The zero-order chi connectivity index (χ0) is 24.5. The average molecular weight is 494 g/mol. The van der Waals surface area contributed by atoms with Gasteiger partial charge in [-0.1, -0.05) is 60.6 Å². The van der Waals surface area contributed by atoms with E-state index in [0.717, 1.165) is 38.7 Å². The number of amides is 1. The first-order valence-electron chi connectivity index (χ1n) is 12.2. The topological polar surface area (TPSA) is 90.3 Å². The van der Waals surface area contributed by atoms with Gasteiger partial charge in [-0.15, -0.1) is 0 Å².